The zero-order valence-corrected chi connectivity index (χ0v) is 7.62. The van der Waals surface area contributed by atoms with E-state index in [9.17, 15) is 14.7 Å². The highest BCUT2D eigenvalue weighted by Crippen LogP contribution is 2.10. The number of ketones is 2. The normalized spacial score (nSPS) is 15.1. The summed E-state index contributed by atoms with van der Waals surface area (Å²) in [6, 6.07) is 0. The number of aliphatic hydroxyl groups is 2. The molecule has 1 atom stereocenters. The number of carbonyl (C=O) groups excluding carboxylic acids is 2. The van der Waals surface area contributed by atoms with E-state index >= 15 is 0 Å². The van der Waals surface area contributed by atoms with Crippen molar-refractivity contribution in [3.05, 3.63) is 0 Å². The number of hydrogen-bond donors (Lipinski definition) is 3. The van der Waals surface area contributed by atoms with Gasteiger partial charge in [0.2, 0.25) is 5.60 Å². The molecule has 0 aliphatic carbocycles. The Balaban J connectivity index is 4.61. The van der Waals surface area contributed by atoms with Crippen LogP contribution in [0.4, 0.5) is 0 Å². The SMILES string of the molecule is CCCC(=O)C(O)(CO)C(=O)CN. The highest BCUT2D eigenvalue weighted by Gasteiger charge is 2.40. The molecule has 13 heavy (non-hydrogen) atoms. The third-order valence-corrected chi connectivity index (χ3v) is 1.81. The lowest BCUT2D eigenvalue weighted by Gasteiger charge is -2.21. The molecule has 0 heterocycles. The van der Waals surface area contributed by atoms with Crippen LogP contribution in [-0.2, 0) is 9.59 Å². The van der Waals surface area contributed by atoms with Gasteiger partial charge in [-0.1, -0.05) is 6.92 Å². The van der Waals surface area contributed by atoms with Crippen LogP contribution in [-0.4, -0.2) is 40.5 Å². The van der Waals surface area contributed by atoms with Crippen molar-refractivity contribution in [1.29, 1.82) is 0 Å². The van der Waals surface area contributed by atoms with Crippen molar-refractivity contribution in [1.82, 2.24) is 0 Å². The summed E-state index contributed by atoms with van der Waals surface area (Å²) in [6.07, 6.45) is 0.571. The molecule has 0 saturated heterocycles. The average molecular weight is 189 g/mol. The lowest BCUT2D eigenvalue weighted by molar-refractivity contribution is -0.154. The van der Waals surface area contributed by atoms with E-state index in [1.807, 2.05) is 0 Å². The number of Topliss-reactive ketones (excluding diaryl/α,β-unsaturated/α-hetero) is 2. The van der Waals surface area contributed by atoms with Gasteiger partial charge in [0.1, 0.15) is 0 Å². The second-order valence-corrected chi connectivity index (χ2v) is 2.82. The molecule has 0 spiro atoms. The Bertz CT molecular complexity index is 204. The first-order valence-electron chi connectivity index (χ1n) is 4.12. The van der Waals surface area contributed by atoms with Crippen LogP contribution in [0, 0.1) is 0 Å². The fourth-order valence-corrected chi connectivity index (χ4v) is 0.935. The molecule has 1 unspecified atom stereocenters. The molecule has 0 aromatic carbocycles. The van der Waals surface area contributed by atoms with Crippen molar-refractivity contribution in [2.75, 3.05) is 13.2 Å². The minimum Gasteiger partial charge on any atom is -0.392 e. The van der Waals surface area contributed by atoms with Gasteiger partial charge >= 0.3 is 0 Å². The molecule has 0 bridgehead atoms. The summed E-state index contributed by atoms with van der Waals surface area (Å²) in [5, 5.41) is 18.2. The fourth-order valence-electron chi connectivity index (χ4n) is 0.935. The Kier molecular flexibility index (Phi) is 4.76. The summed E-state index contributed by atoms with van der Waals surface area (Å²) in [4.78, 5) is 22.2. The highest BCUT2D eigenvalue weighted by molar-refractivity contribution is 6.10. The van der Waals surface area contributed by atoms with E-state index in [1.54, 1.807) is 6.92 Å². The van der Waals surface area contributed by atoms with Crippen LogP contribution in [0.3, 0.4) is 0 Å². The first-order chi connectivity index (χ1) is 6.02. The van der Waals surface area contributed by atoms with Crippen molar-refractivity contribution >= 4 is 11.6 Å². The van der Waals surface area contributed by atoms with Gasteiger partial charge in [0.15, 0.2) is 11.6 Å². The minimum atomic E-state index is -2.29. The van der Waals surface area contributed by atoms with E-state index in [0.717, 1.165) is 0 Å². The maximum Gasteiger partial charge on any atom is 0.205 e. The Hall–Kier alpha value is -0.780. The van der Waals surface area contributed by atoms with Crippen LogP contribution >= 0.6 is 0 Å². The summed E-state index contributed by atoms with van der Waals surface area (Å²) in [6.45, 7) is 0.386. The molecule has 0 aromatic rings. The first-order valence-corrected chi connectivity index (χ1v) is 4.12. The van der Waals surface area contributed by atoms with Gasteiger partial charge in [-0.25, -0.2) is 0 Å². The summed E-state index contributed by atoms with van der Waals surface area (Å²) in [5.74, 6) is -1.51. The van der Waals surface area contributed by atoms with Crippen LogP contribution in [0.2, 0.25) is 0 Å². The van der Waals surface area contributed by atoms with Gasteiger partial charge in [-0.2, -0.15) is 0 Å². The molecule has 0 fully saturated rings. The van der Waals surface area contributed by atoms with Gasteiger partial charge < -0.3 is 15.9 Å². The predicted molar refractivity (Wildman–Crippen MR) is 46.0 cm³/mol. The topological polar surface area (TPSA) is 101 Å². The maximum absolute atomic E-state index is 11.2. The number of nitrogens with two attached hydrogens (primary N) is 1. The number of rotatable bonds is 6. The summed E-state index contributed by atoms with van der Waals surface area (Å²) >= 11 is 0. The zero-order chi connectivity index (χ0) is 10.5. The predicted octanol–water partition coefficient (Wildman–Crippen LogP) is -1.39. The Morgan fingerprint density at radius 3 is 2.23 bits per heavy atom. The van der Waals surface area contributed by atoms with Crippen LogP contribution in [0.25, 0.3) is 0 Å². The quantitative estimate of drug-likeness (QED) is 0.446. The number of hydrogen-bond acceptors (Lipinski definition) is 5. The Morgan fingerprint density at radius 1 is 1.38 bits per heavy atom. The molecule has 0 amide bonds. The largest absolute Gasteiger partial charge is 0.392 e. The Morgan fingerprint density at radius 2 is 1.92 bits per heavy atom. The number of carbonyl (C=O) groups is 2. The Labute approximate surface area is 76.5 Å². The summed E-state index contributed by atoms with van der Waals surface area (Å²) < 4.78 is 0. The monoisotopic (exact) mass is 189 g/mol. The van der Waals surface area contributed by atoms with Gasteiger partial charge in [-0.15, -0.1) is 0 Å². The van der Waals surface area contributed by atoms with Crippen LogP contribution in [0.1, 0.15) is 19.8 Å². The molecule has 0 rings (SSSR count). The molecule has 0 aliphatic rings. The van der Waals surface area contributed by atoms with Gasteiger partial charge in [0.25, 0.3) is 0 Å². The minimum absolute atomic E-state index is 0.0583. The first kappa shape index (κ1) is 12.2. The van der Waals surface area contributed by atoms with E-state index in [0.29, 0.717) is 6.42 Å². The highest BCUT2D eigenvalue weighted by atomic mass is 16.3. The summed E-state index contributed by atoms with van der Waals surface area (Å²) in [7, 11) is 0. The molecule has 0 saturated carbocycles. The zero-order valence-electron chi connectivity index (χ0n) is 7.62. The van der Waals surface area contributed by atoms with Crippen molar-refractivity contribution in [2.24, 2.45) is 5.73 Å². The molecule has 4 N–H and O–H groups in total. The smallest absolute Gasteiger partial charge is 0.205 e. The second kappa shape index (κ2) is 5.06. The van der Waals surface area contributed by atoms with Gasteiger partial charge in [0, 0.05) is 6.42 Å². The van der Waals surface area contributed by atoms with Gasteiger partial charge in [-0.05, 0) is 6.42 Å². The lowest BCUT2D eigenvalue weighted by Crippen LogP contribution is -2.52. The van der Waals surface area contributed by atoms with E-state index in [-0.39, 0.29) is 6.42 Å². The molecule has 5 nitrogen and oxygen atoms in total. The lowest BCUT2D eigenvalue weighted by atomic mass is 9.91. The van der Waals surface area contributed by atoms with Gasteiger partial charge in [-0.3, -0.25) is 9.59 Å². The van der Waals surface area contributed by atoms with Gasteiger partial charge in [0.05, 0.1) is 13.2 Å². The molecular formula is C8H15NO4. The standard InChI is InChI=1S/C8H15NO4/c1-2-3-6(11)8(13,5-10)7(12)4-9/h10,13H,2-5,9H2,1H3. The van der Waals surface area contributed by atoms with E-state index in [2.05, 4.69) is 0 Å². The molecule has 0 radical (unpaired) electrons. The molecule has 76 valence electrons. The third kappa shape index (κ3) is 2.58. The van der Waals surface area contributed by atoms with E-state index in [4.69, 9.17) is 10.8 Å². The van der Waals surface area contributed by atoms with Crippen molar-refractivity contribution in [2.45, 2.75) is 25.4 Å². The average Bonchev–Trinajstić information content (AvgIpc) is 2.15. The summed E-state index contributed by atoms with van der Waals surface area (Å²) in [5.41, 5.74) is 2.71. The maximum atomic E-state index is 11.2. The van der Waals surface area contributed by atoms with Crippen LogP contribution in [0.5, 0.6) is 0 Å². The fraction of sp³-hybridized carbons (Fsp3) is 0.750. The molecule has 0 aromatic heterocycles. The van der Waals surface area contributed by atoms with E-state index < -0.39 is 30.3 Å². The van der Waals surface area contributed by atoms with Crippen LogP contribution in [0.15, 0.2) is 0 Å². The van der Waals surface area contributed by atoms with Crippen LogP contribution < -0.4 is 5.73 Å². The van der Waals surface area contributed by atoms with Crippen molar-refractivity contribution in [3.63, 3.8) is 0 Å². The second-order valence-electron chi connectivity index (χ2n) is 2.82. The molecule has 0 aliphatic heterocycles. The van der Waals surface area contributed by atoms with E-state index in [1.165, 1.54) is 0 Å². The van der Waals surface area contributed by atoms with Crippen molar-refractivity contribution in [3.8, 4) is 0 Å². The van der Waals surface area contributed by atoms with Crippen molar-refractivity contribution < 1.29 is 19.8 Å². The number of aliphatic hydroxyl groups excluding tert-OH is 1. The third-order valence-electron chi connectivity index (χ3n) is 1.81. The molecular weight excluding hydrogens is 174 g/mol. The molecule has 5 heteroatoms.